The number of fused-ring (bicyclic) bond motifs is 8. The minimum atomic E-state index is 0.428. The number of nitrogens with one attached hydrogen (secondary N) is 2. The van der Waals surface area contributed by atoms with Gasteiger partial charge in [0.15, 0.2) is 0 Å². The zero-order chi connectivity index (χ0) is 38.2. The average molecular weight is 731 g/mol. The number of aromatic nitrogens is 4. The lowest BCUT2D eigenvalue weighted by molar-refractivity contribution is 1.07. The van der Waals surface area contributed by atoms with E-state index in [1.54, 1.807) is 0 Å². The zero-order valence-corrected chi connectivity index (χ0v) is 30.9. The first-order valence-electron chi connectivity index (χ1n) is 18.9. The van der Waals surface area contributed by atoms with Crippen molar-refractivity contribution >= 4 is 46.4 Å². The lowest BCUT2D eigenvalue weighted by atomic mass is 10.0. The van der Waals surface area contributed by atoms with Crippen molar-refractivity contribution in [1.29, 1.82) is 0 Å². The number of nitrogens with two attached hydrogens (primary N) is 4. The number of aromatic amines is 2. The molecule has 4 aromatic carbocycles. The quantitative estimate of drug-likeness (QED) is 0.0914. The van der Waals surface area contributed by atoms with E-state index in [4.69, 9.17) is 32.9 Å². The molecule has 10 N–H and O–H groups in total. The van der Waals surface area contributed by atoms with Gasteiger partial charge in [-0.1, -0.05) is 72.8 Å². The summed E-state index contributed by atoms with van der Waals surface area (Å²) in [5, 5.41) is 0. The van der Waals surface area contributed by atoms with E-state index < -0.39 is 0 Å². The Balaban J connectivity index is 1.47. The monoisotopic (exact) mass is 730 g/mol. The van der Waals surface area contributed by atoms with Gasteiger partial charge in [-0.25, -0.2) is 9.97 Å². The fraction of sp³-hybridized carbons (Fsp3) is 0.0833. The molecule has 0 unspecified atom stereocenters. The smallest absolute Gasteiger partial charge is 0.0737 e. The van der Waals surface area contributed by atoms with Gasteiger partial charge in [-0.15, -0.1) is 0 Å². The van der Waals surface area contributed by atoms with Crippen molar-refractivity contribution in [2.45, 2.75) is 26.2 Å². The van der Waals surface area contributed by atoms with Crippen molar-refractivity contribution in [3.05, 3.63) is 166 Å². The number of hydrogen-bond acceptors (Lipinski definition) is 6. The number of hydrogen-bond donors (Lipinski definition) is 6. The molecule has 0 fully saturated rings. The molecular formula is C48H42N8. The van der Waals surface area contributed by atoms with Crippen molar-refractivity contribution in [3.8, 4) is 44.5 Å². The molecule has 2 aliphatic rings. The summed E-state index contributed by atoms with van der Waals surface area (Å²) in [6.07, 6.45) is 8.41. The normalized spacial score (nSPS) is 12.1. The molecule has 0 saturated heterocycles. The van der Waals surface area contributed by atoms with Gasteiger partial charge in [-0.2, -0.15) is 0 Å². The van der Waals surface area contributed by atoms with E-state index in [0.29, 0.717) is 26.2 Å². The molecule has 0 spiro atoms. The maximum atomic E-state index is 6.17. The van der Waals surface area contributed by atoms with E-state index in [1.165, 1.54) is 0 Å². The van der Waals surface area contributed by atoms with Gasteiger partial charge in [0.05, 0.1) is 22.8 Å². The fourth-order valence-electron chi connectivity index (χ4n) is 7.84. The molecule has 274 valence electrons. The van der Waals surface area contributed by atoms with Crippen LogP contribution in [-0.4, -0.2) is 19.9 Å². The second kappa shape index (κ2) is 14.9. The van der Waals surface area contributed by atoms with Crippen LogP contribution in [0.5, 0.6) is 0 Å². The Morgan fingerprint density at radius 3 is 0.821 bits per heavy atom. The van der Waals surface area contributed by atoms with E-state index in [-0.39, 0.29) is 0 Å². The summed E-state index contributed by atoms with van der Waals surface area (Å²) in [4.78, 5) is 18.5. The van der Waals surface area contributed by atoms with E-state index in [2.05, 4.69) is 156 Å². The van der Waals surface area contributed by atoms with Crippen LogP contribution in [0.25, 0.3) is 90.9 Å². The molecule has 7 aromatic rings. The number of benzene rings is 4. The predicted molar refractivity (Wildman–Crippen MR) is 232 cm³/mol. The summed E-state index contributed by atoms with van der Waals surface area (Å²) in [6.45, 7) is 1.71. The Morgan fingerprint density at radius 2 is 0.589 bits per heavy atom. The van der Waals surface area contributed by atoms with Crippen LogP contribution in [0.2, 0.25) is 0 Å². The van der Waals surface area contributed by atoms with Crippen LogP contribution in [0.1, 0.15) is 45.0 Å². The largest absolute Gasteiger partial charge is 0.354 e. The summed E-state index contributed by atoms with van der Waals surface area (Å²) in [7, 11) is 0. The second-order valence-electron chi connectivity index (χ2n) is 14.1. The lowest BCUT2D eigenvalue weighted by Crippen LogP contribution is -1.97. The van der Waals surface area contributed by atoms with Crippen LogP contribution in [-0.2, 0) is 26.2 Å². The molecule has 8 nitrogen and oxygen atoms in total. The standard InChI is InChI=1S/C48H42N8/c49-25-29-5-1-9-33(21-29)45-37-13-15-39(53-37)46(34-10-2-6-30(22-34)26-50)41-17-19-43(55-41)48(36-12-4-8-32(24-36)28-52)44-20-18-42(56-44)47(40-16-14-38(45)54-40)35-11-3-7-31(23-35)27-51/h1-24,53,56H,25-28,49-52H2. The van der Waals surface area contributed by atoms with Gasteiger partial charge < -0.3 is 32.9 Å². The lowest BCUT2D eigenvalue weighted by Gasteiger charge is -2.09. The number of nitrogens with zero attached hydrogens (tertiary/aromatic N) is 2. The van der Waals surface area contributed by atoms with E-state index >= 15 is 0 Å². The van der Waals surface area contributed by atoms with Gasteiger partial charge in [-0.05, 0) is 117 Å². The van der Waals surface area contributed by atoms with E-state index in [0.717, 1.165) is 112 Å². The van der Waals surface area contributed by atoms with Crippen molar-refractivity contribution < 1.29 is 0 Å². The molecular weight excluding hydrogens is 689 g/mol. The first-order valence-corrected chi connectivity index (χ1v) is 18.9. The van der Waals surface area contributed by atoms with E-state index in [9.17, 15) is 0 Å². The molecule has 0 saturated carbocycles. The van der Waals surface area contributed by atoms with Crippen molar-refractivity contribution in [3.63, 3.8) is 0 Å². The van der Waals surface area contributed by atoms with Gasteiger partial charge >= 0.3 is 0 Å². The van der Waals surface area contributed by atoms with Crippen LogP contribution in [0.3, 0.4) is 0 Å². The highest BCUT2D eigenvalue weighted by Crippen LogP contribution is 2.39. The summed E-state index contributed by atoms with van der Waals surface area (Å²) < 4.78 is 0. The Kier molecular flexibility index (Phi) is 9.30. The first-order chi connectivity index (χ1) is 27.5. The third-order valence-corrected chi connectivity index (χ3v) is 10.6. The van der Waals surface area contributed by atoms with E-state index in [1.807, 2.05) is 0 Å². The summed E-state index contributed by atoms with van der Waals surface area (Å²) in [5.74, 6) is 0. The number of rotatable bonds is 8. The average Bonchev–Trinajstić information content (AvgIpc) is 4.09. The highest BCUT2D eigenvalue weighted by atomic mass is 14.8. The van der Waals surface area contributed by atoms with Crippen LogP contribution >= 0.6 is 0 Å². The third-order valence-electron chi connectivity index (χ3n) is 10.6. The Labute approximate surface area is 325 Å². The molecule has 0 amide bonds. The maximum absolute atomic E-state index is 6.17. The Hall–Kier alpha value is -6.68. The molecule has 8 heteroatoms. The topological polar surface area (TPSA) is 161 Å². The molecule has 8 bridgehead atoms. The van der Waals surface area contributed by atoms with Crippen LogP contribution < -0.4 is 22.9 Å². The fourth-order valence-corrected chi connectivity index (χ4v) is 7.84. The summed E-state index contributed by atoms with van der Waals surface area (Å²) in [6, 6.07) is 42.0. The minimum absolute atomic E-state index is 0.428. The van der Waals surface area contributed by atoms with Crippen LogP contribution in [0, 0.1) is 0 Å². The molecule has 0 radical (unpaired) electrons. The van der Waals surface area contributed by atoms with Gasteiger partial charge in [0.25, 0.3) is 0 Å². The van der Waals surface area contributed by atoms with Crippen molar-refractivity contribution in [1.82, 2.24) is 19.9 Å². The minimum Gasteiger partial charge on any atom is -0.354 e. The van der Waals surface area contributed by atoms with Crippen molar-refractivity contribution in [2.75, 3.05) is 0 Å². The number of H-pyrrole nitrogens is 2. The van der Waals surface area contributed by atoms with Crippen LogP contribution in [0.15, 0.2) is 121 Å². The molecule has 0 aliphatic carbocycles. The van der Waals surface area contributed by atoms with Gasteiger partial charge in [0.1, 0.15) is 0 Å². The molecule has 2 aliphatic heterocycles. The first kappa shape index (κ1) is 35.0. The van der Waals surface area contributed by atoms with Gasteiger partial charge in [0.2, 0.25) is 0 Å². The van der Waals surface area contributed by atoms with Crippen molar-refractivity contribution in [2.24, 2.45) is 22.9 Å². The zero-order valence-electron chi connectivity index (χ0n) is 30.9. The summed E-state index contributed by atoms with van der Waals surface area (Å²) in [5.41, 5.74) is 43.8. The molecule has 5 heterocycles. The molecule has 9 rings (SSSR count). The third kappa shape index (κ3) is 6.46. The van der Waals surface area contributed by atoms with Gasteiger partial charge in [0, 0.05) is 70.5 Å². The second-order valence-corrected chi connectivity index (χ2v) is 14.1. The molecule has 0 atom stereocenters. The molecule has 3 aromatic heterocycles. The summed E-state index contributed by atoms with van der Waals surface area (Å²) >= 11 is 0. The Morgan fingerprint density at radius 1 is 0.339 bits per heavy atom. The predicted octanol–water partition coefficient (Wildman–Crippen LogP) is 9.16. The maximum Gasteiger partial charge on any atom is 0.0737 e. The highest BCUT2D eigenvalue weighted by molar-refractivity contribution is 6.00. The molecule has 56 heavy (non-hydrogen) atoms. The highest BCUT2D eigenvalue weighted by Gasteiger charge is 2.19. The Bertz CT molecular complexity index is 2490. The van der Waals surface area contributed by atoms with Crippen LogP contribution in [0.4, 0.5) is 0 Å². The van der Waals surface area contributed by atoms with Gasteiger partial charge in [-0.3, -0.25) is 0 Å². The SMILES string of the molecule is NCc1cccc(-c2c3nc(c(-c4cccc(CN)c4)c4ccc([nH]4)c(-c4cccc(CN)c4)c4nc(c(-c5cccc(CN)c5)c5ccc2[nH]5)C=C4)C=C3)c1.